The van der Waals surface area contributed by atoms with Gasteiger partial charge in [0.2, 0.25) is 21.9 Å². The number of rotatable bonds is 9. The first-order chi connectivity index (χ1) is 20.5. The van der Waals surface area contributed by atoms with Crippen LogP contribution in [0.3, 0.4) is 0 Å². The van der Waals surface area contributed by atoms with Crippen molar-refractivity contribution in [2.45, 2.75) is 83.1 Å². The summed E-state index contributed by atoms with van der Waals surface area (Å²) < 4.78 is 84.4. The predicted molar refractivity (Wildman–Crippen MR) is 164 cm³/mol. The molecule has 2 N–H and O–H groups in total. The minimum atomic E-state index is -4.08. The molecular weight excluding hydrogens is 602 g/mol. The van der Waals surface area contributed by atoms with Crippen LogP contribution in [0.1, 0.15) is 57.7 Å². The Morgan fingerprint density at radius 3 is 2.48 bits per heavy atom. The van der Waals surface area contributed by atoms with Crippen molar-refractivity contribution in [3.63, 3.8) is 0 Å². The zero-order valence-electron chi connectivity index (χ0n) is 25.4. The molecule has 0 saturated heterocycles. The average molecular weight is 642 g/mol. The second kappa shape index (κ2) is 13.0. The second-order valence-electron chi connectivity index (χ2n) is 12.1. The monoisotopic (exact) mass is 641 g/mol. The number of hydrogen-bond acceptors (Lipinski definition) is 6. The van der Waals surface area contributed by atoms with Gasteiger partial charge >= 0.3 is 0 Å². The van der Waals surface area contributed by atoms with Crippen molar-refractivity contribution >= 4 is 34.2 Å². The van der Waals surface area contributed by atoms with Crippen molar-refractivity contribution in [1.29, 1.82) is 0 Å². The molecule has 2 fully saturated rings. The van der Waals surface area contributed by atoms with Crippen molar-refractivity contribution in [3.8, 4) is 11.3 Å². The van der Waals surface area contributed by atoms with E-state index in [1.807, 2.05) is 19.0 Å². The molecule has 0 bridgehead atoms. The summed E-state index contributed by atoms with van der Waals surface area (Å²) in [7, 11) is -0.381. The molecule has 3 unspecified atom stereocenters. The molecule has 242 valence electrons. The van der Waals surface area contributed by atoms with E-state index in [1.165, 1.54) is 10.6 Å². The van der Waals surface area contributed by atoms with Crippen LogP contribution in [0.4, 0.5) is 29.1 Å². The molecule has 15 heteroatoms. The lowest BCUT2D eigenvalue weighted by Crippen LogP contribution is -2.47. The normalized spacial score (nSPS) is 22.6. The quantitative estimate of drug-likeness (QED) is 0.230. The first-order valence-electron chi connectivity index (χ1n) is 14.4. The third-order valence-corrected chi connectivity index (χ3v) is 9.44. The van der Waals surface area contributed by atoms with Gasteiger partial charge in [-0.1, -0.05) is 6.07 Å². The van der Waals surface area contributed by atoms with Gasteiger partial charge in [-0.25, -0.2) is 36.0 Å². The van der Waals surface area contributed by atoms with Crippen LogP contribution >= 0.6 is 0 Å². The Kier molecular flexibility index (Phi) is 9.88. The topological polar surface area (TPSA) is 121 Å². The van der Waals surface area contributed by atoms with Gasteiger partial charge in [-0.15, -0.1) is 0 Å². The van der Waals surface area contributed by atoms with Gasteiger partial charge in [-0.3, -0.25) is 14.1 Å². The Morgan fingerprint density at radius 2 is 1.93 bits per heavy atom. The van der Waals surface area contributed by atoms with Gasteiger partial charge in [0.1, 0.15) is 17.7 Å². The number of nitrogens with zero attached hydrogens (tertiary/aromatic N) is 5. The van der Waals surface area contributed by atoms with Crippen molar-refractivity contribution in [1.82, 2.24) is 19.8 Å². The lowest BCUT2D eigenvalue weighted by molar-refractivity contribution is -0.103. The van der Waals surface area contributed by atoms with E-state index >= 15 is 4.39 Å². The molecule has 2 saturated carbocycles. The Hall–Kier alpha value is -3.33. The fourth-order valence-corrected chi connectivity index (χ4v) is 7.27. The van der Waals surface area contributed by atoms with E-state index in [4.69, 9.17) is 0 Å². The number of alkyl halides is 3. The molecule has 2 aliphatic rings. The number of aryl methyl sites for hydroxylation is 1. The summed E-state index contributed by atoms with van der Waals surface area (Å²) in [5.74, 6) is -4.77. The Balaban J connectivity index is 1.58. The molecule has 0 amide bonds. The number of hydrogen-bond donors (Lipinski definition) is 2. The number of aliphatic imine (C=N–C) groups is 2. The lowest BCUT2D eigenvalue weighted by atomic mass is 9.83. The number of sulfonamides is 1. The van der Waals surface area contributed by atoms with Crippen molar-refractivity contribution in [2.75, 3.05) is 24.6 Å². The van der Waals surface area contributed by atoms with Crippen LogP contribution in [0, 0.1) is 18.7 Å². The number of anilines is 1. The molecule has 2 aliphatic carbocycles. The standard InChI is InChI=1S/C29H39F4N7O3S/c1-16(2)40-26(37-28(34-4)36-20-8-10-24(39(5)6)22(31)12-20)17(3)35-25(27(40)41)19-7-9-23(21(30)11-19)38-44(42,43)15-18-13-29(32,33)14-18/h7,9,11,16,18,20,22,24,38H,4,8,10,12-15H2,1-3,5-6H3,(H,36,37). The SMILES string of the molecule is C=N/C(=N\c1c(C)nc(-c2ccc(NS(=O)(=O)CC3CC(F)(F)C3)c(F)c2)c(=O)n1C(C)C)NC1CCC(N(C)C)C(F)C1. The highest BCUT2D eigenvalue weighted by atomic mass is 32.2. The molecule has 1 aromatic carbocycles. The van der Waals surface area contributed by atoms with Crippen LogP contribution in [0.15, 0.2) is 33.0 Å². The van der Waals surface area contributed by atoms with E-state index < -0.39 is 64.0 Å². The number of guanidine groups is 1. The van der Waals surface area contributed by atoms with Crippen LogP contribution in [-0.2, 0) is 10.0 Å². The molecule has 0 aliphatic heterocycles. The number of halogens is 4. The van der Waals surface area contributed by atoms with Gasteiger partial charge in [-0.2, -0.15) is 4.99 Å². The van der Waals surface area contributed by atoms with E-state index in [1.54, 1.807) is 20.8 Å². The molecule has 1 aromatic heterocycles. The highest BCUT2D eigenvalue weighted by molar-refractivity contribution is 7.92. The lowest BCUT2D eigenvalue weighted by Gasteiger charge is -2.35. The maximum Gasteiger partial charge on any atom is 0.278 e. The summed E-state index contributed by atoms with van der Waals surface area (Å²) >= 11 is 0. The molecule has 3 atom stereocenters. The average Bonchev–Trinajstić information content (AvgIpc) is 2.89. The summed E-state index contributed by atoms with van der Waals surface area (Å²) in [6, 6.07) is 2.70. The molecule has 0 radical (unpaired) electrons. The van der Waals surface area contributed by atoms with Crippen LogP contribution in [0.2, 0.25) is 0 Å². The molecule has 0 spiro atoms. The zero-order chi connectivity index (χ0) is 32.6. The third kappa shape index (κ3) is 7.65. The molecule has 4 rings (SSSR count). The van der Waals surface area contributed by atoms with Crippen LogP contribution in [-0.4, -0.2) is 79.6 Å². The Bertz CT molecular complexity index is 1590. The number of benzene rings is 1. The number of aromatic nitrogens is 2. The van der Waals surface area contributed by atoms with Crippen LogP contribution in [0.5, 0.6) is 0 Å². The highest BCUT2D eigenvalue weighted by Gasteiger charge is 2.46. The second-order valence-corrected chi connectivity index (χ2v) is 13.9. The smallest absolute Gasteiger partial charge is 0.278 e. The van der Waals surface area contributed by atoms with Gasteiger partial charge in [0, 0.05) is 43.0 Å². The van der Waals surface area contributed by atoms with Crippen molar-refractivity contribution in [3.05, 3.63) is 40.1 Å². The van der Waals surface area contributed by atoms with Gasteiger partial charge in [-0.05, 0) is 72.5 Å². The minimum absolute atomic E-state index is 0.0801. The highest BCUT2D eigenvalue weighted by Crippen LogP contribution is 2.43. The molecule has 2 aromatic rings. The first kappa shape index (κ1) is 33.6. The maximum atomic E-state index is 15.1. The summed E-state index contributed by atoms with van der Waals surface area (Å²) in [5.41, 5.74) is -0.581. The minimum Gasteiger partial charge on any atom is -0.351 e. The van der Waals surface area contributed by atoms with E-state index in [0.29, 0.717) is 18.5 Å². The molecular formula is C29H39F4N7O3S. The summed E-state index contributed by atoms with van der Waals surface area (Å²) in [4.78, 5) is 28.4. The summed E-state index contributed by atoms with van der Waals surface area (Å²) in [6.45, 7) is 8.74. The summed E-state index contributed by atoms with van der Waals surface area (Å²) in [6.07, 6.45) is -0.481. The largest absolute Gasteiger partial charge is 0.351 e. The Morgan fingerprint density at radius 1 is 1.25 bits per heavy atom. The van der Waals surface area contributed by atoms with Crippen molar-refractivity contribution in [2.24, 2.45) is 15.9 Å². The zero-order valence-corrected chi connectivity index (χ0v) is 26.3. The van der Waals surface area contributed by atoms with E-state index in [9.17, 15) is 26.4 Å². The van der Waals surface area contributed by atoms with Crippen LogP contribution in [0.25, 0.3) is 11.3 Å². The molecule has 1 heterocycles. The fourth-order valence-electron chi connectivity index (χ4n) is 5.83. The maximum absolute atomic E-state index is 15.1. The summed E-state index contributed by atoms with van der Waals surface area (Å²) in [5, 5.41) is 3.13. The third-order valence-electron chi connectivity index (χ3n) is 8.00. The van der Waals surface area contributed by atoms with Gasteiger partial charge in [0.05, 0.1) is 17.1 Å². The molecule has 10 nitrogen and oxygen atoms in total. The van der Waals surface area contributed by atoms with E-state index in [-0.39, 0.29) is 47.2 Å². The van der Waals surface area contributed by atoms with Crippen LogP contribution < -0.4 is 15.6 Å². The van der Waals surface area contributed by atoms with Gasteiger partial charge < -0.3 is 10.2 Å². The fraction of sp³-hybridized carbons (Fsp3) is 0.586. The number of nitrogens with one attached hydrogen (secondary N) is 2. The first-order valence-corrected chi connectivity index (χ1v) is 16.1. The molecule has 44 heavy (non-hydrogen) atoms. The van der Waals surface area contributed by atoms with E-state index in [2.05, 4.69) is 31.7 Å². The van der Waals surface area contributed by atoms with E-state index in [0.717, 1.165) is 12.1 Å². The van der Waals surface area contributed by atoms with Gasteiger partial charge in [0.25, 0.3) is 5.56 Å². The Labute approximate surface area is 254 Å². The van der Waals surface area contributed by atoms with Gasteiger partial charge in [0.15, 0.2) is 5.82 Å². The predicted octanol–water partition coefficient (Wildman–Crippen LogP) is 4.82. The van der Waals surface area contributed by atoms with Crippen molar-refractivity contribution < 1.29 is 26.0 Å².